The van der Waals surface area contributed by atoms with Crippen LogP contribution in [0, 0.1) is 0 Å². The first-order chi connectivity index (χ1) is 5.85. The van der Waals surface area contributed by atoms with Gasteiger partial charge in [-0.2, -0.15) is 0 Å². The molecule has 0 aromatic heterocycles. The Hall–Kier alpha value is 0.100. The first-order valence-electron chi connectivity index (χ1n) is 3.90. The van der Waals surface area contributed by atoms with Crippen LogP contribution in [0.1, 0.15) is 6.92 Å². The Bertz CT molecular complexity index is 117. The third-order valence-electron chi connectivity index (χ3n) is 1.13. The zero-order chi connectivity index (χ0) is 9.23. The summed E-state index contributed by atoms with van der Waals surface area (Å²) in [7, 11) is 0. The molecule has 0 fully saturated rings. The Labute approximate surface area is 81.5 Å². The van der Waals surface area contributed by atoms with Crippen LogP contribution in [0.2, 0.25) is 0 Å². The fraction of sp³-hybridized carbons (Fsp3) is 0.750. The first-order valence-corrected chi connectivity index (χ1v) is 5.02. The Morgan fingerprint density at radius 1 is 1.42 bits per heavy atom. The number of hydrogen-bond acceptors (Lipinski definition) is 3. The number of halogens is 1. The number of ether oxygens (including phenoxy) is 2. The van der Waals surface area contributed by atoms with Crippen LogP contribution in [0.15, 0.2) is 12.2 Å². The minimum absolute atomic E-state index is 0.0526. The van der Waals surface area contributed by atoms with Crippen molar-refractivity contribution in [3.8, 4) is 0 Å². The summed E-state index contributed by atoms with van der Waals surface area (Å²) in [5.74, 6) is 0. The van der Waals surface area contributed by atoms with Gasteiger partial charge in [-0.05, 0) is 6.92 Å². The maximum absolute atomic E-state index is 8.41. The number of alkyl halides is 1. The minimum Gasteiger partial charge on any atom is -0.392 e. The van der Waals surface area contributed by atoms with E-state index in [1.54, 1.807) is 12.2 Å². The molecule has 0 aliphatic carbocycles. The lowest BCUT2D eigenvalue weighted by Gasteiger charge is -2.13. The lowest BCUT2D eigenvalue weighted by molar-refractivity contribution is -0.114. The molecule has 1 atom stereocenters. The molecular formula is C8H15BrO3. The summed E-state index contributed by atoms with van der Waals surface area (Å²) in [5.41, 5.74) is 0. The van der Waals surface area contributed by atoms with Gasteiger partial charge in [-0.1, -0.05) is 28.1 Å². The van der Waals surface area contributed by atoms with Crippen LogP contribution in [-0.4, -0.2) is 36.5 Å². The molecule has 0 aromatic carbocycles. The summed E-state index contributed by atoms with van der Waals surface area (Å²) in [6.07, 6.45) is 3.20. The third-order valence-corrected chi connectivity index (χ3v) is 1.66. The molecule has 0 rings (SSSR count). The van der Waals surface area contributed by atoms with Gasteiger partial charge in [0.15, 0.2) is 6.29 Å². The van der Waals surface area contributed by atoms with Gasteiger partial charge in [0.25, 0.3) is 0 Å². The number of rotatable bonds is 7. The van der Waals surface area contributed by atoms with E-state index in [2.05, 4.69) is 15.9 Å². The molecule has 0 amide bonds. The highest BCUT2D eigenvalue weighted by molar-refractivity contribution is 9.09. The van der Waals surface area contributed by atoms with Crippen molar-refractivity contribution in [2.75, 3.05) is 25.2 Å². The lowest BCUT2D eigenvalue weighted by Crippen LogP contribution is -2.18. The maximum Gasteiger partial charge on any atom is 0.167 e. The first kappa shape index (κ1) is 12.1. The van der Waals surface area contributed by atoms with Gasteiger partial charge in [-0.3, -0.25) is 0 Å². The molecule has 1 unspecified atom stereocenters. The summed E-state index contributed by atoms with van der Waals surface area (Å²) in [4.78, 5) is 0. The maximum atomic E-state index is 8.41. The molecule has 1 N–H and O–H groups in total. The smallest absolute Gasteiger partial charge is 0.167 e. The van der Waals surface area contributed by atoms with Crippen LogP contribution in [0.3, 0.4) is 0 Å². The van der Waals surface area contributed by atoms with Gasteiger partial charge in [0.1, 0.15) is 0 Å². The molecule has 0 bridgehead atoms. The minimum atomic E-state index is -0.196. The zero-order valence-corrected chi connectivity index (χ0v) is 8.79. The second-order valence-electron chi connectivity index (χ2n) is 2.03. The summed E-state index contributed by atoms with van der Waals surface area (Å²) < 4.78 is 10.5. The Morgan fingerprint density at radius 3 is 2.67 bits per heavy atom. The van der Waals surface area contributed by atoms with Crippen LogP contribution >= 0.6 is 15.9 Å². The van der Waals surface area contributed by atoms with Crippen molar-refractivity contribution >= 4 is 15.9 Å². The second-order valence-corrected chi connectivity index (χ2v) is 2.67. The van der Waals surface area contributed by atoms with Gasteiger partial charge in [-0.15, -0.1) is 0 Å². The molecule has 12 heavy (non-hydrogen) atoms. The van der Waals surface area contributed by atoms with Gasteiger partial charge >= 0.3 is 0 Å². The van der Waals surface area contributed by atoms with E-state index in [1.165, 1.54) is 0 Å². The average molecular weight is 239 g/mol. The van der Waals surface area contributed by atoms with E-state index in [9.17, 15) is 0 Å². The molecule has 0 spiro atoms. The van der Waals surface area contributed by atoms with Gasteiger partial charge in [0.05, 0.1) is 18.5 Å². The fourth-order valence-electron chi connectivity index (χ4n) is 0.629. The second kappa shape index (κ2) is 9.19. The Balaban J connectivity index is 3.37. The third kappa shape index (κ3) is 6.79. The molecule has 72 valence electrons. The fourth-order valence-corrected chi connectivity index (χ4v) is 1.00. The predicted molar refractivity (Wildman–Crippen MR) is 51.4 cm³/mol. The van der Waals surface area contributed by atoms with E-state index in [1.807, 2.05) is 6.92 Å². The summed E-state index contributed by atoms with van der Waals surface area (Å²) in [6, 6.07) is 0. The molecule has 0 aliphatic heterocycles. The summed E-state index contributed by atoms with van der Waals surface area (Å²) in [6.45, 7) is 3.08. The average Bonchev–Trinajstić information content (AvgIpc) is 2.10. The topological polar surface area (TPSA) is 38.7 Å². The van der Waals surface area contributed by atoms with Crippen molar-refractivity contribution in [2.45, 2.75) is 13.2 Å². The highest BCUT2D eigenvalue weighted by Crippen LogP contribution is 1.99. The monoisotopic (exact) mass is 238 g/mol. The quantitative estimate of drug-likeness (QED) is 0.413. The SMILES string of the molecule is CCOC(CBr)OC/C=C\CO. The number of aliphatic hydroxyl groups excluding tert-OH is 1. The molecule has 0 radical (unpaired) electrons. The van der Waals surface area contributed by atoms with Crippen LogP contribution < -0.4 is 0 Å². The molecule has 0 saturated heterocycles. The standard InChI is InChI=1S/C8H15BrO3/c1-2-11-8(7-9)12-6-4-3-5-10/h3-4,8,10H,2,5-7H2,1H3/b4-3-. The number of hydrogen-bond donors (Lipinski definition) is 1. The van der Waals surface area contributed by atoms with E-state index in [4.69, 9.17) is 14.6 Å². The van der Waals surface area contributed by atoms with Crippen LogP contribution in [0.4, 0.5) is 0 Å². The van der Waals surface area contributed by atoms with Crippen molar-refractivity contribution in [2.24, 2.45) is 0 Å². The zero-order valence-electron chi connectivity index (χ0n) is 7.20. The van der Waals surface area contributed by atoms with Gasteiger partial charge < -0.3 is 14.6 Å². The number of aliphatic hydroxyl groups is 1. The largest absolute Gasteiger partial charge is 0.392 e. The van der Waals surface area contributed by atoms with Crippen LogP contribution in [-0.2, 0) is 9.47 Å². The van der Waals surface area contributed by atoms with Crippen molar-refractivity contribution in [1.82, 2.24) is 0 Å². The Kier molecular flexibility index (Phi) is 9.27. The van der Waals surface area contributed by atoms with E-state index < -0.39 is 0 Å². The highest BCUT2D eigenvalue weighted by Gasteiger charge is 2.03. The molecule has 0 aliphatic rings. The molecular weight excluding hydrogens is 224 g/mol. The van der Waals surface area contributed by atoms with Crippen molar-refractivity contribution in [3.63, 3.8) is 0 Å². The molecule has 0 aromatic rings. The van der Waals surface area contributed by atoms with E-state index in [0.29, 0.717) is 18.5 Å². The van der Waals surface area contributed by atoms with E-state index >= 15 is 0 Å². The Morgan fingerprint density at radius 2 is 2.17 bits per heavy atom. The van der Waals surface area contributed by atoms with Gasteiger partial charge in [-0.25, -0.2) is 0 Å². The van der Waals surface area contributed by atoms with Crippen molar-refractivity contribution < 1.29 is 14.6 Å². The van der Waals surface area contributed by atoms with Crippen LogP contribution in [0.5, 0.6) is 0 Å². The van der Waals surface area contributed by atoms with E-state index in [-0.39, 0.29) is 12.9 Å². The van der Waals surface area contributed by atoms with Gasteiger partial charge in [0, 0.05) is 6.61 Å². The van der Waals surface area contributed by atoms with E-state index in [0.717, 1.165) is 0 Å². The predicted octanol–water partition coefficient (Wildman–Crippen LogP) is 1.31. The summed E-state index contributed by atoms with van der Waals surface area (Å²) >= 11 is 3.26. The molecule has 0 heterocycles. The summed E-state index contributed by atoms with van der Waals surface area (Å²) in [5, 5.41) is 9.07. The molecule has 3 nitrogen and oxygen atoms in total. The van der Waals surface area contributed by atoms with Crippen molar-refractivity contribution in [1.29, 1.82) is 0 Å². The highest BCUT2D eigenvalue weighted by atomic mass is 79.9. The normalized spacial score (nSPS) is 13.9. The molecule has 0 saturated carbocycles. The lowest BCUT2D eigenvalue weighted by atomic mass is 10.5. The molecule has 4 heteroatoms. The van der Waals surface area contributed by atoms with Crippen molar-refractivity contribution in [3.05, 3.63) is 12.2 Å². The van der Waals surface area contributed by atoms with Crippen LogP contribution in [0.25, 0.3) is 0 Å². The van der Waals surface area contributed by atoms with Gasteiger partial charge in [0.2, 0.25) is 0 Å².